The Morgan fingerprint density at radius 1 is 1.00 bits per heavy atom. The van der Waals surface area contributed by atoms with Gasteiger partial charge in [0.2, 0.25) is 0 Å². The second-order valence-electron chi connectivity index (χ2n) is 3.71. The molecule has 80 valence electrons. The topological polar surface area (TPSA) is 27.7 Å². The van der Waals surface area contributed by atoms with Crippen molar-refractivity contribution in [2.75, 3.05) is 6.61 Å². The molecule has 0 rings (SSSR count). The van der Waals surface area contributed by atoms with Crippen molar-refractivity contribution in [3.8, 4) is 0 Å². The van der Waals surface area contributed by atoms with E-state index in [9.17, 15) is 0 Å². The molecule has 0 aliphatic carbocycles. The van der Waals surface area contributed by atoms with Crippen LogP contribution in [-0.2, 0) is 14.5 Å². The summed E-state index contributed by atoms with van der Waals surface area (Å²) in [5.74, 6) is 0.523. The highest BCUT2D eigenvalue weighted by Crippen LogP contribution is 2.03. The summed E-state index contributed by atoms with van der Waals surface area (Å²) in [5.41, 5.74) is 0. The van der Waals surface area contributed by atoms with E-state index in [-0.39, 0.29) is 12.4 Å². The normalized spacial score (nSPS) is 16.2. The molecule has 3 nitrogen and oxygen atoms in total. The van der Waals surface area contributed by atoms with Crippen LogP contribution in [0.2, 0.25) is 0 Å². The van der Waals surface area contributed by atoms with E-state index in [1.54, 1.807) is 0 Å². The van der Waals surface area contributed by atoms with Gasteiger partial charge in [0.1, 0.15) is 0 Å². The Bertz CT molecular complexity index is 115. The van der Waals surface area contributed by atoms with Crippen LogP contribution in [0.5, 0.6) is 0 Å². The van der Waals surface area contributed by atoms with Gasteiger partial charge in [0.15, 0.2) is 6.29 Å². The van der Waals surface area contributed by atoms with Crippen molar-refractivity contribution in [1.29, 1.82) is 0 Å². The zero-order valence-corrected chi connectivity index (χ0v) is 9.37. The monoisotopic (exact) mass is 190 g/mol. The molecule has 0 spiro atoms. The van der Waals surface area contributed by atoms with E-state index in [2.05, 4.69) is 13.8 Å². The maximum atomic E-state index is 5.35. The Morgan fingerprint density at radius 2 is 1.62 bits per heavy atom. The van der Waals surface area contributed by atoms with E-state index >= 15 is 0 Å². The summed E-state index contributed by atoms with van der Waals surface area (Å²) in [5, 5.41) is 0. The molecule has 0 amide bonds. The molecule has 0 aromatic carbocycles. The summed E-state index contributed by atoms with van der Waals surface area (Å²) in [6, 6.07) is 0. The molecule has 2 unspecified atom stereocenters. The van der Waals surface area contributed by atoms with Gasteiger partial charge < -0.3 is 4.74 Å². The fraction of sp³-hybridized carbons (Fsp3) is 1.00. The smallest absolute Gasteiger partial charge is 0.188 e. The van der Waals surface area contributed by atoms with Crippen LogP contribution in [0.3, 0.4) is 0 Å². The molecule has 0 aliphatic rings. The zero-order chi connectivity index (χ0) is 10.3. The summed E-state index contributed by atoms with van der Waals surface area (Å²) >= 11 is 0. The van der Waals surface area contributed by atoms with Gasteiger partial charge in [0, 0.05) is 0 Å². The number of ether oxygens (including phenoxy) is 1. The molecule has 0 radical (unpaired) electrons. The molecule has 0 aromatic heterocycles. The summed E-state index contributed by atoms with van der Waals surface area (Å²) in [6.45, 7) is 10.8. The van der Waals surface area contributed by atoms with E-state index < -0.39 is 0 Å². The van der Waals surface area contributed by atoms with Crippen LogP contribution in [-0.4, -0.2) is 19.0 Å². The predicted molar refractivity (Wildman–Crippen MR) is 52.2 cm³/mol. The van der Waals surface area contributed by atoms with E-state index in [1.807, 2.05) is 20.8 Å². The minimum Gasteiger partial charge on any atom is -0.350 e. The van der Waals surface area contributed by atoms with Crippen molar-refractivity contribution < 1.29 is 14.5 Å². The lowest BCUT2D eigenvalue weighted by atomic mass is 10.2. The molecular weight excluding hydrogens is 168 g/mol. The molecule has 0 aromatic rings. The quantitative estimate of drug-likeness (QED) is 0.351. The summed E-state index contributed by atoms with van der Waals surface area (Å²) in [7, 11) is 0. The molecule has 0 heterocycles. The highest BCUT2D eigenvalue weighted by atomic mass is 17.2. The van der Waals surface area contributed by atoms with Gasteiger partial charge in [-0.3, -0.25) is 0 Å². The molecule has 3 heteroatoms. The minimum absolute atomic E-state index is 0.130. The van der Waals surface area contributed by atoms with Crippen molar-refractivity contribution in [3.05, 3.63) is 0 Å². The Hall–Kier alpha value is -0.120. The van der Waals surface area contributed by atoms with Crippen molar-refractivity contribution in [1.82, 2.24) is 0 Å². The van der Waals surface area contributed by atoms with Gasteiger partial charge in [-0.25, -0.2) is 9.78 Å². The van der Waals surface area contributed by atoms with Crippen molar-refractivity contribution >= 4 is 0 Å². The molecule has 0 aliphatic heterocycles. The summed E-state index contributed by atoms with van der Waals surface area (Å²) in [4.78, 5) is 10.1. The van der Waals surface area contributed by atoms with Gasteiger partial charge in [-0.2, -0.15) is 0 Å². The first-order valence-electron chi connectivity index (χ1n) is 5.00. The van der Waals surface area contributed by atoms with Gasteiger partial charge in [-0.1, -0.05) is 20.8 Å². The third-order valence-electron chi connectivity index (χ3n) is 1.59. The molecule has 0 bridgehead atoms. The van der Waals surface area contributed by atoms with Crippen LogP contribution < -0.4 is 0 Å². The Balaban J connectivity index is 3.34. The van der Waals surface area contributed by atoms with Crippen molar-refractivity contribution in [2.45, 2.75) is 53.4 Å². The summed E-state index contributed by atoms with van der Waals surface area (Å²) < 4.78 is 5.35. The van der Waals surface area contributed by atoms with Crippen LogP contribution in [0.15, 0.2) is 0 Å². The van der Waals surface area contributed by atoms with Gasteiger partial charge in [0.05, 0.1) is 12.7 Å². The SMILES string of the molecule is CCC(C)OOC(C)OCC(C)C. The Kier molecular flexibility index (Phi) is 7.23. The van der Waals surface area contributed by atoms with Crippen LogP contribution in [0.1, 0.15) is 41.0 Å². The first kappa shape index (κ1) is 12.9. The van der Waals surface area contributed by atoms with E-state index in [1.165, 1.54) is 0 Å². The van der Waals surface area contributed by atoms with E-state index in [0.29, 0.717) is 12.5 Å². The highest BCUT2D eigenvalue weighted by molar-refractivity contribution is 4.41. The van der Waals surface area contributed by atoms with Crippen LogP contribution in [0.25, 0.3) is 0 Å². The van der Waals surface area contributed by atoms with Crippen LogP contribution in [0, 0.1) is 5.92 Å². The molecule has 2 atom stereocenters. The third kappa shape index (κ3) is 8.22. The minimum atomic E-state index is -0.281. The molecule has 0 saturated heterocycles. The number of hydrogen-bond acceptors (Lipinski definition) is 3. The van der Waals surface area contributed by atoms with Gasteiger partial charge in [-0.15, -0.1) is 0 Å². The Morgan fingerprint density at radius 3 is 2.08 bits per heavy atom. The lowest BCUT2D eigenvalue weighted by molar-refractivity contribution is -0.392. The van der Waals surface area contributed by atoms with E-state index in [0.717, 1.165) is 6.42 Å². The largest absolute Gasteiger partial charge is 0.350 e. The molecule has 13 heavy (non-hydrogen) atoms. The maximum Gasteiger partial charge on any atom is 0.188 e. The molecular formula is C10H22O3. The maximum absolute atomic E-state index is 5.35. The first-order chi connectivity index (χ1) is 6.06. The van der Waals surface area contributed by atoms with E-state index in [4.69, 9.17) is 14.5 Å². The van der Waals surface area contributed by atoms with Gasteiger partial charge in [0.25, 0.3) is 0 Å². The average molecular weight is 190 g/mol. The third-order valence-corrected chi connectivity index (χ3v) is 1.59. The standard InChI is InChI=1S/C10H22O3/c1-6-9(4)12-13-10(5)11-7-8(2)3/h8-10H,6-7H2,1-5H3. The summed E-state index contributed by atoms with van der Waals surface area (Å²) in [6.07, 6.45) is 0.790. The highest BCUT2D eigenvalue weighted by Gasteiger charge is 2.06. The van der Waals surface area contributed by atoms with Crippen LogP contribution >= 0.6 is 0 Å². The zero-order valence-electron chi connectivity index (χ0n) is 9.37. The fourth-order valence-electron chi connectivity index (χ4n) is 0.597. The first-order valence-corrected chi connectivity index (χ1v) is 5.00. The van der Waals surface area contributed by atoms with Crippen molar-refractivity contribution in [2.24, 2.45) is 5.92 Å². The predicted octanol–water partition coefficient (Wildman–Crippen LogP) is 2.75. The number of hydrogen-bond donors (Lipinski definition) is 0. The van der Waals surface area contributed by atoms with Crippen molar-refractivity contribution in [3.63, 3.8) is 0 Å². The molecule has 0 fully saturated rings. The second kappa shape index (κ2) is 7.30. The van der Waals surface area contributed by atoms with Gasteiger partial charge >= 0.3 is 0 Å². The average Bonchev–Trinajstić information content (AvgIpc) is 2.10. The number of rotatable bonds is 7. The lowest BCUT2D eigenvalue weighted by Gasteiger charge is -2.16. The Labute approximate surface area is 81.3 Å². The fourth-order valence-corrected chi connectivity index (χ4v) is 0.597. The van der Waals surface area contributed by atoms with Crippen LogP contribution in [0.4, 0.5) is 0 Å². The molecule has 0 saturated carbocycles. The van der Waals surface area contributed by atoms with Gasteiger partial charge in [-0.05, 0) is 26.2 Å². The lowest BCUT2D eigenvalue weighted by Crippen LogP contribution is -2.19. The molecule has 0 N–H and O–H groups in total. The second-order valence-corrected chi connectivity index (χ2v) is 3.71.